The molecular weight excluding hydrogens is 315 g/mol. The number of ether oxygens (including phenoxy) is 1. The predicted octanol–water partition coefficient (Wildman–Crippen LogP) is 3.49. The third kappa shape index (κ3) is 20.2. The van der Waals surface area contributed by atoms with Crippen LogP contribution in [0.2, 0.25) is 0 Å². The fourth-order valence-electron chi connectivity index (χ4n) is 2.30. The Hall–Kier alpha value is 0.130. The van der Waals surface area contributed by atoms with E-state index >= 15 is 0 Å². The van der Waals surface area contributed by atoms with Crippen LogP contribution in [0.3, 0.4) is 0 Å². The Balaban J connectivity index is 0. The van der Waals surface area contributed by atoms with Gasteiger partial charge in [-0.15, -0.1) is 0 Å². The van der Waals surface area contributed by atoms with E-state index in [1.54, 1.807) is 0 Å². The molecule has 5 heteroatoms. The molecule has 24 heavy (non-hydrogen) atoms. The molecule has 0 fully saturated rings. The van der Waals surface area contributed by atoms with Gasteiger partial charge in [-0.05, 0) is 32.1 Å². The molecule has 0 bridgehead atoms. The van der Waals surface area contributed by atoms with E-state index in [-0.39, 0.29) is 48.7 Å². The van der Waals surface area contributed by atoms with Crippen molar-refractivity contribution in [3.05, 3.63) is 12.2 Å². The molecule has 2 N–H and O–H groups in total. The first-order valence-electron chi connectivity index (χ1n) is 9.30. The third-order valence-electron chi connectivity index (χ3n) is 3.79. The van der Waals surface area contributed by atoms with Gasteiger partial charge >= 0.3 is 35.5 Å². The fraction of sp³-hybridized carbons (Fsp3) is 0.842. The van der Waals surface area contributed by atoms with Crippen LogP contribution in [0.15, 0.2) is 12.2 Å². The number of carbonyl (C=O) groups excluding carboxylic acids is 1. The Kier molecular flexibility index (Phi) is 23.3. The first kappa shape index (κ1) is 26.4. The number of esters is 1. The summed E-state index contributed by atoms with van der Waals surface area (Å²) in [5.41, 5.74) is 0. The molecular formula is C19H37NaO4. The van der Waals surface area contributed by atoms with Crippen molar-refractivity contribution in [1.82, 2.24) is 0 Å². The number of aliphatic hydroxyl groups excluding tert-OH is 2. The molecule has 0 radical (unpaired) electrons. The second-order valence-corrected chi connectivity index (χ2v) is 6.15. The zero-order valence-electron chi connectivity index (χ0n) is 14.8. The van der Waals surface area contributed by atoms with Gasteiger partial charge in [0.2, 0.25) is 0 Å². The molecule has 0 spiro atoms. The molecule has 0 aliphatic carbocycles. The van der Waals surface area contributed by atoms with E-state index in [1.165, 1.54) is 44.9 Å². The summed E-state index contributed by atoms with van der Waals surface area (Å²) >= 11 is 0. The molecule has 0 amide bonds. The second kappa shape index (κ2) is 21.2. The Bertz CT molecular complexity index is 295. The van der Waals surface area contributed by atoms with E-state index in [4.69, 9.17) is 14.9 Å². The number of hydrogen-bond acceptors (Lipinski definition) is 4. The van der Waals surface area contributed by atoms with E-state index in [9.17, 15) is 4.79 Å². The predicted molar refractivity (Wildman–Crippen MR) is 101 cm³/mol. The maximum atomic E-state index is 11.3. The van der Waals surface area contributed by atoms with Crippen molar-refractivity contribution in [2.75, 3.05) is 13.2 Å². The first-order chi connectivity index (χ1) is 11.2. The van der Waals surface area contributed by atoms with Crippen molar-refractivity contribution in [1.29, 1.82) is 0 Å². The van der Waals surface area contributed by atoms with Gasteiger partial charge in [-0.3, -0.25) is 4.79 Å². The van der Waals surface area contributed by atoms with Crippen LogP contribution in [0, 0.1) is 0 Å². The van der Waals surface area contributed by atoms with Gasteiger partial charge in [-0.1, -0.05) is 57.6 Å². The topological polar surface area (TPSA) is 66.8 Å². The number of carbonyl (C=O) groups is 1. The molecule has 138 valence electrons. The number of unbranched alkanes of at least 4 members (excludes halogenated alkanes) is 9. The summed E-state index contributed by atoms with van der Waals surface area (Å²) in [4.78, 5) is 11.3. The fourth-order valence-corrected chi connectivity index (χ4v) is 2.30. The van der Waals surface area contributed by atoms with E-state index in [2.05, 4.69) is 19.1 Å². The molecule has 0 aliphatic heterocycles. The molecule has 0 rings (SSSR count). The van der Waals surface area contributed by atoms with Crippen LogP contribution in [-0.2, 0) is 9.53 Å². The number of allylic oxidation sites excluding steroid dienone is 2. The molecule has 0 aliphatic rings. The first-order valence-corrected chi connectivity index (χ1v) is 9.30. The summed E-state index contributed by atoms with van der Waals surface area (Å²) in [6.07, 6.45) is 17.2. The Morgan fingerprint density at radius 1 is 0.958 bits per heavy atom. The second-order valence-electron chi connectivity index (χ2n) is 6.15. The molecule has 4 nitrogen and oxygen atoms in total. The standard InChI is InChI=1S/C19H36O4.Na.H/c1-2-3-4-5-6-7-8-9-10-11-12-13-14-15-19(22)23-17-18(21)16-20;;/h7-8,18,20-21H,2-6,9-17H2,1H3;;/b8-7-;;. The van der Waals surface area contributed by atoms with Crippen LogP contribution < -0.4 is 0 Å². The minimum atomic E-state index is -0.960. The summed E-state index contributed by atoms with van der Waals surface area (Å²) < 4.78 is 4.84. The molecule has 0 aromatic heterocycles. The Labute approximate surface area is 170 Å². The van der Waals surface area contributed by atoms with Crippen molar-refractivity contribution < 1.29 is 19.7 Å². The van der Waals surface area contributed by atoms with Gasteiger partial charge in [0.25, 0.3) is 0 Å². The van der Waals surface area contributed by atoms with E-state index in [0.29, 0.717) is 6.42 Å². The van der Waals surface area contributed by atoms with Crippen LogP contribution in [0.5, 0.6) is 0 Å². The maximum absolute atomic E-state index is 11.3. The van der Waals surface area contributed by atoms with E-state index in [1.807, 2.05) is 0 Å². The number of rotatable bonds is 16. The molecule has 0 aromatic carbocycles. The van der Waals surface area contributed by atoms with Gasteiger partial charge in [-0.25, -0.2) is 0 Å². The third-order valence-corrected chi connectivity index (χ3v) is 3.79. The summed E-state index contributed by atoms with van der Waals surface area (Å²) in [6.45, 7) is 1.75. The Morgan fingerprint density at radius 2 is 1.50 bits per heavy atom. The molecule has 0 heterocycles. The monoisotopic (exact) mass is 352 g/mol. The summed E-state index contributed by atoms with van der Waals surface area (Å²) in [5.74, 6) is -0.288. The van der Waals surface area contributed by atoms with E-state index < -0.39 is 6.10 Å². The van der Waals surface area contributed by atoms with Crippen LogP contribution in [-0.4, -0.2) is 65.1 Å². The molecule has 0 saturated carbocycles. The summed E-state index contributed by atoms with van der Waals surface area (Å²) in [6, 6.07) is 0. The normalized spacial score (nSPS) is 12.1. The average molecular weight is 352 g/mol. The minimum absolute atomic E-state index is 0. The van der Waals surface area contributed by atoms with E-state index in [0.717, 1.165) is 25.7 Å². The number of hydrogen-bond donors (Lipinski definition) is 2. The zero-order valence-corrected chi connectivity index (χ0v) is 14.8. The molecule has 0 aromatic rings. The van der Waals surface area contributed by atoms with Gasteiger partial charge < -0.3 is 14.9 Å². The van der Waals surface area contributed by atoms with Crippen LogP contribution in [0.25, 0.3) is 0 Å². The van der Waals surface area contributed by atoms with Gasteiger partial charge in [0, 0.05) is 6.42 Å². The number of aliphatic hydroxyl groups is 2. The van der Waals surface area contributed by atoms with Crippen molar-refractivity contribution in [3.63, 3.8) is 0 Å². The quantitative estimate of drug-likeness (QED) is 0.193. The van der Waals surface area contributed by atoms with Gasteiger partial charge in [-0.2, -0.15) is 0 Å². The molecule has 1 unspecified atom stereocenters. The summed E-state index contributed by atoms with van der Waals surface area (Å²) in [5, 5.41) is 17.7. The van der Waals surface area contributed by atoms with Crippen LogP contribution in [0.1, 0.15) is 84.0 Å². The van der Waals surface area contributed by atoms with Crippen molar-refractivity contribution in [2.45, 2.75) is 90.1 Å². The van der Waals surface area contributed by atoms with Gasteiger partial charge in [0.05, 0.1) is 6.61 Å². The molecule has 1 atom stereocenters. The SMILES string of the molecule is CCCCCC/C=C\CCCCCCCC(=O)OCC(O)CO.[NaH]. The van der Waals surface area contributed by atoms with Crippen molar-refractivity contribution in [3.8, 4) is 0 Å². The van der Waals surface area contributed by atoms with Crippen LogP contribution in [0.4, 0.5) is 0 Å². The van der Waals surface area contributed by atoms with Crippen molar-refractivity contribution >= 4 is 35.5 Å². The zero-order chi connectivity index (χ0) is 17.2. The van der Waals surface area contributed by atoms with Gasteiger partial charge in [0.15, 0.2) is 0 Å². The summed E-state index contributed by atoms with van der Waals surface area (Å²) in [7, 11) is 0. The van der Waals surface area contributed by atoms with Gasteiger partial charge in [0.1, 0.15) is 12.7 Å². The van der Waals surface area contributed by atoms with Crippen LogP contribution >= 0.6 is 0 Å². The molecule has 0 saturated heterocycles. The Morgan fingerprint density at radius 3 is 2.08 bits per heavy atom. The average Bonchev–Trinajstić information content (AvgIpc) is 2.56. The van der Waals surface area contributed by atoms with Crippen molar-refractivity contribution in [2.24, 2.45) is 0 Å².